The zero-order valence-corrected chi connectivity index (χ0v) is 8.17. The molecule has 0 amide bonds. The normalized spacial score (nSPS) is 9.60. The van der Waals surface area contributed by atoms with E-state index in [1.54, 1.807) is 24.5 Å². The molecule has 2 heterocycles. The van der Waals surface area contributed by atoms with E-state index in [2.05, 4.69) is 23.2 Å². The first-order chi connectivity index (χ1) is 7.36. The molecule has 0 saturated heterocycles. The number of hydrogen-bond acceptors (Lipinski definition) is 1. The van der Waals surface area contributed by atoms with Crippen LogP contribution in [-0.2, 0) is 0 Å². The molecule has 0 saturated carbocycles. The smallest absolute Gasteiger partial charge is 0.0453 e. The average Bonchev–Trinajstić information content (AvgIpc) is 2.88. The summed E-state index contributed by atoms with van der Waals surface area (Å²) < 4.78 is 1.00. The highest BCUT2D eigenvalue weighted by Crippen LogP contribution is 2.09. The molecule has 3 rings (SSSR count). The molecule has 0 aliphatic carbocycles. The lowest BCUT2D eigenvalue weighted by atomic mass is 10.3. The number of nitrogens with one attached hydrogen (secondary N) is 1. The van der Waals surface area contributed by atoms with Crippen LogP contribution >= 0.6 is 0 Å². The molecular formula is C12H12N2O. The average molecular weight is 200 g/mol. The van der Waals surface area contributed by atoms with Gasteiger partial charge in [-0.05, 0) is 29.7 Å². The molecule has 1 aromatic carbocycles. The SMILES string of the molecule is On1cccc1.c1ccc2[nH]ccc2c1. The van der Waals surface area contributed by atoms with Gasteiger partial charge in [-0.1, -0.05) is 18.2 Å². The Morgan fingerprint density at radius 2 is 1.67 bits per heavy atom. The van der Waals surface area contributed by atoms with Crippen LogP contribution in [0.3, 0.4) is 0 Å². The predicted molar refractivity (Wildman–Crippen MR) is 59.9 cm³/mol. The summed E-state index contributed by atoms with van der Waals surface area (Å²) in [5.41, 5.74) is 1.21. The molecule has 3 nitrogen and oxygen atoms in total. The molecular weight excluding hydrogens is 188 g/mol. The third-order valence-electron chi connectivity index (χ3n) is 2.05. The monoisotopic (exact) mass is 200 g/mol. The van der Waals surface area contributed by atoms with Crippen LogP contribution in [0, 0.1) is 0 Å². The van der Waals surface area contributed by atoms with Crippen LogP contribution in [0.5, 0.6) is 0 Å². The van der Waals surface area contributed by atoms with Crippen molar-refractivity contribution in [2.75, 3.05) is 0 Å². The number of aromatic amines is 1. The summed E-state index contributed by atoms with van der Waals surface area (Å²) in [5, 5.41) is 9.66. The van der Waals surface area contributed by atoms with Gasteiger partial charge in [0, 0.05) is 24.1 Å². The Kier molecular flexibility index (Phi) is 2.74. The molecule has 15 heavy (non-hydrogen) atoms. The third-order valence-corrected chi connectivity index (χ3v) is 2.05. The highest BCUT2D eigenvalue weighted by Gasteiger charge is 1.86. The van der Waals surface area contributed by atoms with Crippen LogP contribution in [0.2, 0.25) is 0 Å². The summed E-state index contributed by atoms with van der Waals surface area (Å²) in [6, 6.07) is 13.8. The fourth-order valence-electron chi connectivity index (χ4n) is 1.32. The molecule has 2 N–H and O–H groups in total. The van der Waals surface area contributed by atoms with Crippen molar-refractivity contribution < 1.29 is 5.21 Å². The van der Waals surface area contributed by atoms with Crippen molar-refractivity contribution in [2.24, 2.45) is 0 Å². The molecule has 76 valence electrons. The van der Waals surface area contributed by atoms with Gasteiger partial charge in [-0.25, -0.2) is 4.73 Å². The first-order valence-corrected chi connectivity index (χ1v) is 4.70. The van der Waals surface area contributed by atoms with E-state index in [9.17, 15) is 0 Å². The van der Waals surface area contributed by atoms with E-state index in [1.807, 2.05) is 18.3 Å². The maximum absolute atomic E-state index is 8.39. The number of rotatable bonds is 0. The Bertz CT molecular complexity index is 481. The minimum Gasteiger partial charge on any atom is -0.429 e. The van der Waals surface area contributed by atoms with Crippen LogP contribution in [0.1, 0.15) is 0 Å². The van der Waals surface area contributed by atoms with Crippen LogP contribution in [-0.4, -0.2) is 14.9 Å². The van der Waals surface area contributed by atoms with Gasteiger partial charge >= 0.3 is 0 Å². The zero-order valence-electron chi connectivity index (χ0n) is 8.17. The van der Waals surface area contributed by atoms with Crippen molar-refractivity contribution in [3.05, 3.63) is 61.1 Å². The molecule has 3 aromatic rings. The molecule has 0 fully saturated rings. The van der Waals surface area contributed by atoms with Gasteiger partial charge in [-0.3, -0.25) is 0 Å². The lowest BCUT2D eigenvalue weighted by Gasteiger charge is -1.83. The molecule has 0 atom stereocenters. The van der Waals surface area contributed by atoms with Gasteiger partial charge in [-0.15, -0.1) is 0 Å². The van der Waals surface area contributed by atoms with E-state index >= 15 is 0 Å². The lowest BCUT2D eigenvalue weighted by molar-refractivity contribution is 0.187. The largest absolute Gasteiger partial charge is 0.429 e. The van der Waals surface area contributed by atoms with Crippen LogP contribution in [0.15, 0.2) is 61.1 Å². The van der Waals surface area contributed by atoms with E-state index in [1.165, 1.54) is 10.9 Å². The first kappa shape index (κ1) is 9.40. The van der Waals surface area contributed by atoms with Gasteiger partial charge in [0.1, 0.15) is 0 Å². The summed E-state index contributed by atoms with van der Waals surface area (Å²) in [5.74, 6) is 0. The Morgan fingerprint density at radius 1 is 0.933 bits per heavy atom. The Balaban J connectivity index is 0.000000124. The van der Waals surface area contributed by atoms with Gasteiger partial charge in [0.15, 0.2) is 0 Å². The second kappa shape index (κ2) is 4.37. The Morgan fingerprint density at radius 3 is 2.27 bits per heavy atom. The van der Waals surface area contributed by atoms with Crippen molar-refractivity contribution in [3.63, 3.8) is 0 Å². The Labute approximate surface area is 87.6 Å². The van der Waals surface area contributed by atoms with Crippen molar-refractivity contribution >= 4 is 10.9 Å². The second-order valence-corrected chi connectivity index (χ2v) is 3.13. The molecule has 2 aromatic heterocycles. The van der Waals surface area contributed by atoms with E-state index in [0.29, 0.717) is 0 Å². The van der Waals surface area contributed by atoms with Crippen molar-refractivity contribution in [3.8, 4) is 0 Å². The summed E-state index contributed by atoms with van der Waals surface area (Å²) >= 11 is 0. The summed E-state index contributed by atoms with van der Waals surface area (Å²) in [4.78, 5) is 3.12. The zero-order chi connectivity index (χ0) is 10.5. The number of fused-ring (bicyclic) bond motifs is 1. The van der Waals surface area contributed by atoms with Gasteiger partial charge < -0.3 is 10.2 Å². The van der Waals surface area contributed by atoms with E-state index in [-0.39, 0.29) is 0 Å². The molecule has 0 radical (unpaired) electrons. The molecule has 0 aliphatic heterocycles. The fraction of sp³-hybridized carbons (Fsp3) is 0. The maximum atomic E-state index is 8.39. The lowest BCUT2D eigenvalue weighted by Crippen LogP contribution is -1.78. The van der Waals surface area contributed by atoms with Crippen molar-refractivity contribution in [1.82, 2.24) is 9.71 Å². The number of benzene rings is 1. The van der Waals surface area contributed by atoms with Crippen LogP contribution in [0.25, 0.3) is 10.9 Å². The maximum Gasteiger partial charge on any atom is 0.0453 e. The molecule has 0 unspecified atom stereocenters. The molecule has 0 aliphatic rings. The number of H-pyrrole nitrogens is 1. The van der Waals surface area contributed by atoms with Gasteiger partial charge in [-0.2, -0.15) is 0 Å². The number of nitrogens with zero attached hydrogens (tertiary/aromatic N) is 1. The van der Waals surface area contributed by atoms with E-state index in [0.717, 1.165) is 4.73 Å². The third kappa shape index (κ3) is 2.40. The van der Waals surface area contributed by atoms with E-state index in [4.69, 9.17) is 5.21 Å². The predicted octanol–water partition coefficient (Wildman–Crippen LogP) is 2.89. The minimum atomic E-state index is 1.00. The second-order valence-electron chi connectivity index (χ2n) is 3.13. The quantitative estimate of drug-likeness (QED) is 0.538. The number of hydrogen-bond donors (Lipinski definition) is 2. The standard InChI is InChI=1S/C8H7N.C4H5NO/c1-2-4-8-7(3-1)5-6-9-8;6-5-3-1-2-4-5/h1-6,9H;1-4,6H. The summed E-state index contributed by atoms with van der Waals surface area (Å²) in [6.45, 7) is 0. The first-order valence-electron chi connectivity index (χ1n) is 4.70. The molecule has 3 heteroatoms. The van der Waals surface area contributed by atoms with Gasteiger partial charge in [0.05, 0.1) is 0 Å². The van der Waals surface area contributed by atoms with E-state index < -0.39 is 0 Å². The number of aromatic nitrogens is 2. The highest BCUT2D eigenvalue weighted by molar-refractivity contribution is 5.78. The van der Waals surface area contributed by atoms with Crippen LogP contribution < -0.4 is 0 Å². The van der Waals surface area contributed by atoms with Gasteiger partial charge in [0.25, 0.3) is 0 Å². The Hall–Kier alpha value is -2.16. The van der Waals surface area contributed by atoms with Crippen LogP contribution in [0.4, 0.5) is 0 Å². The summed E-state index contributed by atoms with van der Waals surface area (Å²) in [7, 11) is 0. The number of para-hydroxylation sites is 1. The summed E-state index contributed by atoms with van der Waals surface area (Å²) in [6.07, 6.45) is 5.06. The van der Waals surface area contributed by atoms with Gasteiger partial charge in [0.2, 0.25) is 0 Å². The van der Waals surface area contributed by atoms with Crippen molar-refractivity contribution in [2.45, 2.75) is 0 Å². The molecule has 0 spiro atoms. The molecule has 0 bridgehead atoms. The fourth-order valence-corrected chi connectivity index (χ4v) is 1.32. The highest BCUT2D eigenvalue weighted by atomic mass is 16.5. The van der Waals surface area contributed by atoms with Crippen molar-refractivity contribution in [1.29, 1.82) is 0 Å². The topological polar surface area (TPSA) is 41.0 Å². The minimum absolute atomic E-state index is 1.00.